The van der Waals surface area contributed by atoms with Crippen molar-refractivity contribution in [2.45, 2.75) is 37.8 Å². The zero-order valence-electron chi connectivity index (χ0n) is 11.3. The van der Waals surface area contributed by atoms with Gasteiger partial charge in [0.05, 0.1) is 4.92 Å². The first-order valence-electron chi connectivity index (χ1n) is 6.14. The van der Waals surface area contributed by atoms with Crippen LogP contribution in [-0.2, 0) is 0 Å². The van der Waals surface area contributed by atoms with Gasteiger partial charge in [0.1, 0.15) is 0 Å². The predicted octanol–water partition coefficient (Wildman–Crippen LogP) is 4.16. The molecule has 0 saturated carbocycles. The largest absolute Gasteiger partial charge is 0.385 e. The van der Waals surface area contributed by atoms with Gasteiger partial charge < -0.3 is 5.32 Å². The number of hydrogen-bond acceptors (Lipinski definition) is 4. The number of nitrogens with one attached hydrogen (secondary N) is 1. The lowest BCUT2D eigenvalue weighted by molar-refractivity contribution is -0.385. The Balaban J connectivity index is 2.99. The normalized spacial score (nSPS) is 12.5. The first-order valence-corrected chi connectivity index (χ1v) is 7.02. The van der Waals surface area contributed by atoms with E-state index in [0.29, 0.717) is 11.2 Å². The van der Waals surface area contributed by atoms with Crippen LogP contribution in [0, 0.1) is 16.0 Å². The van der Waals surface area contributed by atoms with Gasteiger partial charge in [0, 0.05) is 34.5 Å². The second-order valence-corrected chi connectivity index (χ2v) is 6.02. The maximum absolute atomic E-state index is 10.9. The van der Waals surface area contributed by atoms with Gasteiger partial charge >= 0.3 is 0 Å². The Morgan fingerprint density at radius 1 is 1.33 bits per heavy atom. The number of benzene rings is 1. The molecule has 0 aliphatic carbocycles. The van der Waals surface area contributed by atoms with E-state index in [1.165, 1.54) is 0 Å². The highest BCUT2D eigenvalue weighted by Gasteiger charge is 2.14. The third-order valence-corrected chi connectivity index (χ3v) is 4.17. The van der Waals surface area contributed by atoms with Crippen molar-refractivity contribution in [1.29, 1.82) is 0 Å². The van der Waals surface area contributed by atoms with Crippen LogP contribution in [0.25, 0.3) is 0 Å². The van der Waals surface area contributed by atoms with Crippen molar-refractivity contribution in [1.82, 2.24) is 0 Å². The summed E-state index contributed by atoms with van der Waals surface area (Å²) >= 11 is 1.68. The average molecular weight is 268 g/mol. The molecule has 1 rings (SSSR count). The molecule has 1 atom stereocenters. The number of nitro groups is 1. The maximum atomic E-state index is 10.9. The molecule has 4 nitrogen and oxygen atoms in total. The highest BCUT2D eigenvalue weighted by molar-refractivity contribution is 8.00. The number of non-ortho nitro benzene ring substituents is 1. The highest BCUT2D eigenvalue weighted by atomic mass is 32.2. The molecule has 0 aromatic heterocycles. The van der Waals surface area contributed by atoms with E-state index in [1.807, 2.05) is 13.0 Å². The summed E-state index contributed by atoms with van der Waals surface area (Å²) in [7, 11) is 0. The van der Waals surface area contributed by atoms with Crippen molar-refractivity contribution >= 4 is 23.1 Å². The fourth-order valence-electron chi connectivity index (χ4n) is 1.41. The van der Waals surface area contributed by atoms with Gasteiger partial charge in [-0.1, -0.05) is 20.8 Å². The summed E-state index contributed by atoms with van der Waals surface area (Å²) in [5, 5.41) is 14.5. The van der Waals surface area contributed by atoms with Gasteiger partial charge in [-0.25, -0.2) is 0 Å². The molecule has 100 valence electrons. The van der Waals surface area contributed by atoms with Crippen LogP contribution in [0.5, 0.6) is 0 Å². The van der Waals surface area contributed by atoms with Crippen molar-refractivity contribution in [3.8, 4) is 0 Å². The Kier molecular flexibility index (Phi) is 5.47. The second kappa shape index (κ2) is 6.64. The van der Waals surface area contributed by atoms with Crippen LogP contribution >= 0.6 is 11.8 Å². The molecular weight excluding hydrogens is 248 g/mol. The fourth-order valence-corrected chi connectivity index (χ4v) is 2.50. The minimum absolute atomic E-state index is 0.145. The topological polar surface area (TPSA) is 55.2 Å². The van der Waals surface area contributed by atoms with Crippen molar-refractivity contribution in [2.75, 3.05) is 11.9 Å². The lowest BCUT2D eigenvalue weighted by Gasteiger charge is -2.15. The summed E-state index contributed by atoms with van der Waals surface area (Å²) in [4.78, 5) is 11.5. The van der Waals surface area contributed by atoms with Gasteiger partial charge in [0.15, 0.2) is 0 Å². The average Bonchev–Trinajstić information content (AvgIpc) is 2.28. The molecule has 0 heterocycles. The van der Waals surface area contributed by atoms with Gasteiger partial charge in [-0.05, 0) is 18.9 Å². The summed E-state index contributed by atoms with van der Waals surface area (Å²) < 4.78 is 0. The van der Waals surface area contributed by atoms with Gasteiger partial charge in [0.25, 0.3) is 5.69 Å². The van der Waals surface area contributed by atoms with E-state index in [9.17, 15) is 10.1 Å². The molecule has 0 aliphatic heterocycles. The highest BCUT2D eigenvalue weighted by Crippen LogP contribution is 2.32. The van der Waals surface area contributed by atoms with E-state index in [2.05, 4.69) is 26.1 Å². The Hall–Kier alpha value is -1.23. The van der Waals surface area contributed by atoms with E-state index in [1.54, 1.807) is 23.9 Å². The molecule has 1 aromatic carbocycles. The summed E-state index contributed by atoms with van der Waals surface area (Å²) in [6, 6.07) is 5.19. The summed E-state index contributed by atoms with van der Waals surface area (Å²) in [5.74, 6) is 0.539. The molecule has 0 fully saturated rings. The predicted molar refractivity (Wildman–Crippen MR) is 77.4 cm³/mol. The number of nitrogens with zero attached hydrogens (tertiary/aromatic N) is 1. The summed E-state index contributed by atoms with van der Waals surface area (Å²) in [6.07, 6.45) is 0. The number of hydrogen-bond donors (Lipinski definition) is 1. The van der Waals surface area contributed by atoms with Gasteiger partial charge in [-0.2, -0.15) is 0 Å². The molecule has 0 amide bonds. The summed E-state index contributed by atoms with van der Waals surface area (Å²) in [6.45, 7) is 9.18. The molecule has 0 radical (unpaired) electrons. The minimum Gasteiger partial charge on any atom is -0.385 e. The number of anilines is 1. The van der Waals surface area contributed by atoms with Crippen LogP contribution in [0.2, 0.25) is 0 Å². The van der Waals surface area contributed by atoms with Crippen molar-refractivity contribution in [3.05, 3.63) is 28.3 Å². The third kappa shape index (κ3) is 4.22. The molecule has 0 aliphatic rings. The van der Waals surface area contributed by atoms with E-state index >= 15 is 0 Å². The number of nitro benzene ring substituents is 1. The summed E-state index contributed by atoms with van der Waals surface area (Å²) in [5.41, 5.74) is 0.956. The van der Waals surface area contributed by atoms with E-state index in [0.717, 1.165) is 17.1 Å². The minimum atomic E-state index is -0.342. The molecule has 1 N–H and O–H groups in total. The zero-order valence-corrected chi connectivity index (χ0v) is 12.1. The molecule has 1 aromatic rings. The quantitative estimate of drug-likeness (QED) is 0.478. The molecular formula is C13H20N2O2S. The molecule has 18 heavy (non-hydrogen) atoms. The van der Waals surface area contributed by atoms with Gasteiger partial charge in [0.2, 0.25) is 0 Å². The van der Waals surface area contributed by atoms with E-state index in [4.69, 9.17) is 0 Å². The lowest BCUT2D eigenvalue weighted by Crippen LogP contribution is -2.05. The number of rotatable bonds is 6. The Bertz CT molecular complexity index is 421. The van der Waals surface area contributed by atoms with Crippen molar-refractivity contribution in [2.24, 2.45) is 5.92 Å². The Morgan fingerprint density at radius 3 is 2.50 bits per heavy atom. The Labute approximate surface area is 112 Å². The number of thioether (sulfide) groups is 1. The Morgan fingerprint density at radius 2 is 2.00 bits per heavy atom. The van der Waals surface area contributed by atoms with Gasteiger partial charge in [-0.15, -0.1) is 11.8 Å². The van der Waals surface area contributed by atoms with Crippen molar-refractivity contribution < 1.29 is 4.92 Å². The smallest absolute Gasteiger partial charge is 0.272 e. The molecule has 1 unspecified atom stereocenters. The van der Waals surface area contributed by atoms with Crippen LogP contribution in [-0.4, -0.2) is 16.7 Å². The van der Waals surface area contributed by atoms with Crippen LogP contribution < -0.4 is 5.32 Å². The molecule has 0 spiro atoms. The standard InChI is InChI=1S/C13H20N2O2S/c1-5-14-11-6-12(15(16)17)8-13(7-11)18-10(4)9(2)3/h6-10,14H,5H2,1-4H3. The van der Waals surface area contributed by atoms with E-state index < -0.39 is 0 Å². The first kappa shape index (κ1) is 14.8. The van der Waals surface area contributed by atoms with Crippen LogP contribution in [0.1, 0.15) is 27.7 Å². The zero-order chi connectivity index (χ0) is 13.7. The third-order valence-electron chi connectivity index (χ3n) is 2.74. The lowest BCUT2D eigenvalue weighted by atomic mass is 10.2. The molecule has 0 bridgehead atoms. The molecule has 5 heteroatoms. The molecule has 0 saturated heterocycles. The second-order valence-electron chi connectivity index (χ2n) is 4.57. The fraction of sp³-hybridized carbons (Fsp3) is 0.538. The van der Waals surface area contributed by atoms with Crippen LogP contribution in [0.4, 0.5) is 11.4 Å². The van der Waals surface area contributed by atoms with E-state index in [-0.39, 0.29) is 10.6 Å². The van der Waals surface area contributed by atoms with Gasteiger partial charge in [-0.3, -0.25) is 10.1 Å². The van der Waals surface area contributed by atoms with Crippen LogP contribution in [0.3, 0.4) is 0 Å². The first-order chi connectivity index (χ1) is 8.43. The monoisotopic (exact) mass is 268 g/mol. The maximum Gasteiger partial charge on any atom is 0.272 e. The SMILES string of the molecule is CCNc1cc(SC(C)C(C)C)cc([N+](=O)[O-])c1. The van der Waals surface area contributed by atoms with Crippen LogP contribution in [0.15, 0.2) is 23.1 Å². The van der Waals surface area contributed by atoms with Crippen molar-refractivity contribution in [3.63, 3.8) is 0 Å².